The number of halogens is 1. The van der Waals surface area contributed by atoms with Gasteiger partial charge in [-0.2, -0.15) is 4.99 Å². The normalized spacial score (nSPS) is 11.8. The van der Waals surface area contributed by atoms with Crippen LogP contribution >= 0.6 is 22.9 Å². The predicted octanol–water partition coefficient (Wildman–Crippen LogP) is 3.85. The highest BCUT2D eigenvalue weighted by molar-refractivity contribution is 7.16. The van der Waals surface area contributed by atoms with Crippen LogP contribution in [0.1, 0.15) is 22.8 Å². The van der Waals surface area contributed by atoms with E-state index in [0.717, 1.165) is 0 Å². The highest BCUT2D eigenvalue weighted by Gasteiger charge is 2.14. The van der Waals surface area contributed by atoms with Crippen molar-refractivity contribution in [3.05, 3.63) is 69.5 Å². The number of amides is 1. The fraction of sp³-hybridized carbons (Fsp3) is 0.182. The van der Waals surface area contributed by atoms with Crippen molar-refractivity contribution in [1.82, 2.24) is 4.57 Å². The summed E-state index contributed by atoms with van der Waals surface area (Å²) in [5.41, 5.74) is 1.69. The molecule has 2 aromatic carbocycles. The van der Waals surface area contributed by atoms with Crippen molar-refractivity contribution >= 4 is 57.1 Å². The van der Waals surface area contributed by atoms with Crippen molar-refractivity contribution in [3.8, 4) is 0 Å². The van der Waals surface area contributed by atoms with Crippen molar-refractivity contribution < 1.29 is 23.9 Å². The van der Waals surface area contributed by atoms with Gasteiger partial charge in [0.05, 0.1) is 29.5 Å². The van der Waals surface area contributed by atoms with Crippen molar-refractivity contribution in [3.63, 3.8) is 0 Å². The highest BCUT2D eigenvalue weighted by atomic mass is 35.5. The van der Waals surface area contributed by atoms with Gasteiger partial charge in [-0.3, -0.25) is 9.59 Å². The van der Waals surface area contributed by atoms with Gasteiger partial charge < -0.3 is 14.0 Å². The Balaban J connectivity index is 2.03. The Morgan fingerprint density at radius 2 is 1.97 bits per heavy atom. The molecular formula is C22H19ClN2O5S. The van der Waals surface area contributed by atoms with Gasteiger partial charge in [-0.1, -0.05) is 41.1 Å². The van der Waals surface area contributed by atoms with E-state index in [2.05, 4.69) is 4.99 Å². The fourth-order valence-corrected chi connectivity index (χ4v) is 4.07. The number of ether oxygens (including phenoxy) is 2. The Kier molecular flexibility index (Phi) is 7.38. The molecular weight excluding hydrogens is 440 g/mol. The summed E-state index contributed by atoms with van der Waals surface area (Å²) in [6, 6.07) is 12.0. The number of esters is 2. The summed E-state index contributed by atoms with van der Waals surface area (Å²) in [4.78, 5) is 40.8. The van der Waals surface area contributed by atoms with E-state index in [9.17, 15) is 14.4 Å². The van der Waals surface area contributed by atoms with Crippen LogP contribution in [-0.4, -0.2) is 36.1 Å². The third kappa shape index (κ3) is 5.48. The van der Waals surface area contributed by atoms with Crippen LogP contribution in [0.3, 0.4) is 0 Å². The van der Waals surface area contributed by atoms with Gasteiger partial charge in [0.1, 0.15) is 6.54 Å². The number of benzene rings is 2. The first kappa shape index (κ1) is 22.5. The molecule has 0 fully saturated rings. The van der Waals surface area contributed by atoms with E-state index < -0.39 is 17.8 Å². The number of nitrogens with zero attached hydrogens (tertiary/aromatic N) is 2. The second kappa shape index (κ2) is 10.2. The Labute approximate surface area is 187 Å². The Bertz CT molecular complexity index is 1240. The molecule has 3 rings (SSSR count). The second-order valence-corrected chi connectivity index (χ2v) is 7.67. The van der Waals surface area contributed by atoms with Crippen molar-refractivity contribution in [2.24, 2.45) is 4.99 Å². The van der Waals surface area contributed by atoms with E-state index in [0.29, 0.717) is 31.2 Å². The summed E-state index contributed by atoms with van der Waals surface area (Å²) in [7, 11) is 1.30. The zero-order valence-electron chi connectivity index (χ0n) is 16.8. The van der Waals surface area contributed by atoms with Gasteiger partial charge in [0, 0.05) is 11.1 Å². The van der Waals surface area contributed by atoms with E-state index in [1.807, 2.05) is 6.07 Å². The highest BCUT2D eigenvalue weighted by Crippen LogP contribution is 2.20. The van der Waals surface area contributed by atoms with Crippen LogP contribution in [0.2, 0.25) is 5.02 Å². The Morgan fingerprint density at radius 1 is 1.19 bits per heavy atom. The van der Waals surface area contributed by atoms with E-state index >= 15 is 0 Å². The second-order valence-electron chi connectivity index (χ2n) is 6.25. The molecule has 0 spiro atoms. The molecule has 160 valence electrons. The zero-order chi connectivity index (χ0) is 22.4. The summed E-state index contributed by atoms with van der Waals surface area (Å²) in [6.45, 7) is 1.83. The fourth-order valence-electron chi connectivity index (χ4n) is 2.79. The Morgan fingerprint density at radius 3 is 2.68 bits per heavy atom. The summed E-state index contributed by atoms with van der Waals surface area (Å²) < 4.78 is 12.1. The predicted molar refractivity (Wildman–Crippen MR) is 119 cm³/mol. The van der Waals surface area contributed by atoms with Gasteiger partial charge in [0.15, 0.2) is 4.80 Å². The lowest BCUT2D eigenvalue weighted by Crippen LogP contribution is -2.22. The number of hydrogen-bond donors (Lipinski definition) is 0. The van der Waals surface area contributed by atoms with Crippen LogP contribution in [0.4, 0.5) is 0 Å². The van der Waals surface area contributed by atoms with E-state index in [1.165, 1.54) is 24.5 Å². The summed E-state index contributed by atoms with van der Waals surface area (Å²) in [5, 5.41) is 0.515. The summed E-state index contributed by atoms with van der Waals surface area (Å²) in [5.74, 6) is -1.46. The number of hydrogen-bond acceptors (Lipinski definition) is 6. The van der Waals surface area contributed by atoms with Crippen LogP contribution in [-0.2, 0) is 25.6 Å². The smallest absolute Gasteiger partial charge is 0.337 e. The van der Waals surface area contributed by atoms with Gasteiger partial charge in [-0.15, -0.1) is 0 Å². The molecule has 0 aliphatic heterocycles. The van der Waals surface area contributed by atoms with Gasteiger partial charge in [0.25, 0.3) is 5.91 Å². The van der Waals surface area contributed by atoms with Gasteiger partial charge in [-0.05, 0) is 42.8 Å². The molecule has 0 N–H and O–H groups in total. The molecule has 0 unspecified atom stereocenters. The molecule has 1 amide bonds. The average molecular weight is 459 g/mol. The van der Waals surface area contributed by atoms with Crippen LogP contribution in [0, 0.1) is 0 Å². The number of thiazole rings is 1. The number of methoxy groups -OCH3 is 1. The largest absolute Gasteiger partial charge is 0.465 e. The monoisotopic (exact) mass is 458 g/mol. The SMILES string of the molecule is CCOC(=O)Cn1c(=NC(=O)/C=C/c2ccccc2Cl)sc2cc(C(=O)OC)ccc21. The first-order valence-corrected chi connectivity index (χ1v) is 10.5. The van der Waals surface area contributed by atoms with Gasteiger partial charge in [-0.25, -0.2) is 4.79 Å². The summed E-state index contributed by atoms with van der Waals surface area (Å²) in [6.07, 6.45) is 2.88. The van der Waals surface area contributed by atoms with Gasteiger partial charge >= 0.3 is 11.9 Å². The number of carbonyl (C=O) groups excluding carboxylic acids is 3. The van der Waals surface area contributed by atoms with Crippen LogP contribution in [0.15, 0.2) is 53.5 Å². The van der Waals surface area contributed by atoms with Crippen molar-refractivity contribution in [2.45, 2.75) is 13.5 Å². The standard InChI is InChI=1S/C22H19ClN2O5S/c1-3-30-20(27)13-25-17-10-8-15(21(28)29-2)12-18(17)31-22(25)24-19(26)11-9-14-6-4-5-7-16(14)23/h4-12H,3,13H2,1-2H3/b11-9+,24-22?. The molecule has 0 aliphatic carbocycles. The minimum absolute atomic E-state index is 0.119. The minimum Gasteiger partial charge on any atom is -0.465 e. The minimum atomic E-state index is -0.516. The molecule has 0 saturated heterocycles. The number of fused-ring (bicyclic) bond motifs is 1. The topological polar surface area (TPSA) is 87.0 Å². The molecule has 0 aliphatic rings. The molecule has 0 radical (unpaired) electrons. The number of aromatic nitrogens is 1. The first-order valence-electron chi connectivity index (χ1n) is 9.31. The van der Waals surface area contributed by atoms with Crippen LogP contribution < -0.4 is 4.80 Å². The lowest BCUT2D eigenvalue weighted by Gasteiger charge is -2.05. The maximum Gasteiger partial charge on any atom is 0.337 e. The van der Waals surface area contributed by atoms with E-state index in [-0.39, 0.29) is 13.2 Å². The maximum absolute atomic E-state index is 12.5. The molecule has 1 heterocycles. The molecule has 7 nitrogen and oxygen atoms in total. The maximum atomic E-state index is 12.5. The van der Waals surface area contributed by atoms with Crippen molar-refractivity contribution in [1.29, 1.82) is 0 Å². The van der Waals surface area contributed by atoms with E-state index in [1.54, 1.807) is 54.0 Å². The lowest BCUT2D eigenvalue weighted by atomic mass is 10.2. The molecule has 31 heavy (non-hydrogen) atoms. The zero-order valence-corrected chi connectivity index (χ0v) is 18.4. The van der Waals surface area contributed by atoms with E-state index in [4.69, 9.17) is 21.1 Å². The van der Waals surface area contributed by atoms with Crippen LogP contribution in [0.25, 0.3) is 16.3 Å². The molecule has 0 bridgehead atoms. The average Bonchev–Trinajstić information content (AvgIpc) is 3.08. The lowest BCUT2D eigenvalue weighted by molar-refractivity contribution is -0.143. The third-order valence-electron chi connectivity index (χ3n) is 4.21. The third-order valence-corrected chi connectivity index (χ3v) is 5.60. The number of carbonyl (C=O) groups is 3. The molecule has 9 heteroatoms. The molecule has 1 aromatic heterocycles. The summed E-state index contributed by atoms with van der Waals surface area (Å²) >= 11 is 7.28. The van der Waals surface area contributed by atoms with Crippen molar-refractivity contribution in [2.75, 3.05) is 13.7 Å². The quantitative estimate of drug-likeness (QED) is 0.413. The molecule has 0 saturated carbocycles. The van der Waals surface area contributed by atoms with Crippen LogP contribution in [0.5, 0.6) is 0 Å². The van der Waals surface area contributed by atoms with Gasteiger partial charge in [0.2, 0.25) is 0 Å². The Hall–Kier alpha value is -3.23. The molecule has 3 aromatic rings. The molecule has 0 atom stereocenters. The first-order chi connectivity index (χ1) is 14.9. The number of rotatable bonds is 6.